The lowest BCUT2D eigenvalue weighted by Gasteiger charge is -2.06. The molecule has 2 aromatic rings. The predicted octanol–water partition coefficient (Wildman–Crippen LogP) is 0.354. The van der Waals surface area contributed by atoms with Crippen LogP contribution in [-0.2, 0) is 11.3 Å². The van der Waals surface area contributed by atoms with E-state index < -0.39 is 11.9 Å². The minimum absolute atomic E-state index is 0.322. The maximum absolute atomic E-state index is 12.1. The molecule has 0 aliphatic heterocycles. The van der Waals surface area contributed by atoms with Gasteiger partial charge in [-0.15, -0.1) is 0 Å². The molecular formula is C11H9BrN4O3. The highest BCUT2D eigenvalue weighted by atomic mass is 79.9. The normalized spacial score (nSPS) is 10.4. The van der Waals surface area contributed by atoms with E-state index in [1.807, 2.05) is 5.32 Å². The van der Waals surface area contributed by atoms with Gasteiger partial charge in [-0.3, -0.25) is 19.5 Å². The van der Waals surface area contributed by atoms with Crippen LogP contribution in [0.15, 0.2) is 33.8 Å². The Hall–Kier alpha value is -2.22. The van der Waals surface area contributed by atoms with Gasteiger partial charge in [-0.1, -0.05) is 15.9 Å². The third-order valence-corrected chi connectivity index (χ3v) is 2.86. The summed E-state index contributed by atoms with van der Waals surface area (Å²) in [6, 6.07) is 4.11. The monoisotopic (exact) mass is 324 g/mol. The number of halogens is 1. The molecule has 7 nitrogen and oxygen atoms in total. The average Bonchev–Trinajstić information content (AvgIpc) is 2.32. The van der Waals surface area contributed by atoms with E-state index in [1.165, 1.54) is 6.33 Å². The number of imide groups is 1. The third-order valence-electron chi connectivity index (χ3n) is 2.36. The van der Waals surface area contributed by atoms with Crippen molar-refractivity contribution in [1.29, 1.82) is 0 Å². The van der Waals surface area contributed by atoms with Crippen LogP contribution in [0.2, 0.25) is 0 Å². The van der Waals surface area contributed by atoms with E-state index >= 15 is 0 Å². The molecule has 0 fully saturated rings. The number of rotatable bonds is 2. The van der Waals surface area contributed by atoms with E-state index in [4.69, 9.17) is 5.73 Å². The van der Waals surface area contributed by atoms with Crippen molar-refractivity contribution in [2.75, 3.05) is 0 Å². The number of nitrogens with two attached hydrogens (primary N) is 1. The first-order chi connectivity index (χ1) is 8.97. The zero-order valence-corrected chi connectivity index (χ0v) is 11.2. The molecule has 0 spiro atoms. The third kappa shape index (κ3) is 2.97. The smallest absolute Gasteiger partial charge is 0.318 e. The van der Waals surface area contributed by atoms with Gasteiger partial charge < -0.3 is 5.73 Å². The summed E-state index contributed by atoms with van der Waals surface area (Å²) in [5, 5.41) is 2.26. The van der Waals surface area contributed by atoms with Gasteiger partial charge in [-0.25, -0.2) is 9.78 Å². The topological polar surface area (TPSA) is 107 Å². The standard InChI is InChI=1S/C11H9BrN4O3/c12-6-1-2-8-7(3-6)10(18)16(5-14-8)4-9(17)15-11(13)19/h1-3,5H,4H2,(H3,13,15,17,19). The second-order valence-corrected chi connectivity index (χ2v) is 4.67. The van der Waals surface area contributed by atoms with Crippen molar-refractivity contribution in [2.24, 2.45) is 5.73 Å². The molecule has 0 aliphatic rings. The summed E-state index contributed by atoms with van der Waals surface area (Å²) >= 11 is 3.26. The van der Waals surface area contributed by atoms with Crippen molar-refractivity contribution in [3.8, 4) is 0 Å². The summed E-state index contributed by atoms with van der Waals surface area (Å²) in [5.74, 6) is -0.675. The van der Waals surface area contributed by atoms with Gasteiger partial charge in [-0.05, 0) is 18.2 Å². The van der Waals surface area contributed by atoms with E-state index in [0.29, 0.717) is 10.9 Å². The van der Waals surface area contributed by atoms with Crippen molar-refractivity contribution in [3.63, 3.8) is 0 Å². The van der Waals surface area contributed by atoms with Crippen molar-refractivity contribution in [1.82, 2.24) is 14.9 Å². The molecule has 0 atom stereocenters. The number of hydrogen-bond acceptors (Lipinski definition) is 4. The highest BCUT2D eigenvalue weighted by Gasteiger charge is 2.09. The Balaban J connectivity index is 2.40. The van der Waals surface area contributed by atoms with Gasteiger partial charge in [0.2, 0.25) is 5.91 Å². The van der Waals surface area contributed by atoms with Crippen molar-refractivity contribution < 1.29 is 9.59 Å². The van der Waals surface area contributed by atoms with E-state index in [1.54, 1.807) is 18.2 Å². The Labute approximate surface area is 115 Å². The van der Waals surface area contributed by atoms with Crippen molar-refractivity contribution in [2.45, 2.75) is 6.54 Å². The number of benzene rings is 1. The Bertz CT molecular complexity index is 725. The number of nitrogens with zero attached hydrogens (tertiary/aromatic N) is 2. The van der Waals surface area contributed by atoms with Crippen LogP contribution in [0.1, 0.15) is 0 Å². The fraction of sp³-hybridized carbons (Fsp3) is 0.0909. The Morgan fingerprint density at radius 2 is 2.16 bits per heavy atom. The van der Waals surface area contributed by atoms with Crippen LogP contribution >= 0.6 is 15.9 Å². The molecule has 1 aromatic carbocycles. The zero-order chi connectivity index (χ0) is 14.0. The van der Waals surface area contributed by atoms with E-state index in [2.05, 4.69) is 20.9 Å². The van der Waals surface area contributed by atoms with Crippen LogP contribution in [0, 0.1) is 0 Å². The van der Waals surface area contributed by atoms with Gasteiger partial charge in [-0.2, -0.15) is 0 Å². The molecule has 0 saturated carbocycles. The summed E-state index contributed by atoms with van der Waals surface area (Å²) in [5.41, 5.74) is 4.97. The molecule has 1 aromatic heterocycles. The SMILES string of the molecule is NC(=O)NC(=O)Cn1cnc2ccc(Br)cc2c1=O. The Morgan fingerprint density at radius 1 is 1.42 bits per heavy atom. The molecular weight excluding hydrogens is 316 g/mol. The summed E-state index contributed by atoms with van der Waals surface area (Å²) in [4.78, 5) is 38.1. The lowest BCUT2D eigenvalue weighted by atomic mass is 10.2. The van der Waals surface area contributed by atoms with Crippen LogP contribution in [0.3, 0.4) is 0 Å². The molecule has 3 amide bonds. The van der Waals surface area contributed by atoms with Gasteiger partial charge in [0, 0.05) is 4.47 Å². The number of hydrogen-bond donors (Lipinski definition) is 2. The van der Waals surface area contributed by atoms with Crippen LogP contribution < -0.4 is 16.6 Å². The van der Waals surface area contributed by atoms with Crippen LogP contribution in [0.4, 0.5) is 4.79 Å². The van der Waals surface area contributed by atoms with Gasteiger partial charge >= 0.3 is 6.03 Å². The summed E-state index contributed by atoms with van der Waals surface area (Å²) < 4.78 is 1.84. The predicted molar refractivity (Wildman–Crippen MR) is 71.4 cm³/mol. The lowest BCUT2D eigenvalue weighted by molar-refractivity contribution is -0.120. The van der Waals surface area contributed by atoms with Crippen LogP contribution in [-0.4, -0.2) is 21.5 Å². The number of aromatic nitrogens is 2. The Kier molecular flexibility index (Phi) is 3.61. The van der Waals surface area contributed by atoms with Gasteiger partial charge in [0.05, 0.1) is 17.2 Å². The van der Waals surface area contributed by atoms with Crippen LogP contribution in [0.25, 0.3) is 10.9 Å². The first kappa shape index (κ1) is 13.2. The number of fused-ring (bicyclic) bond motifs is 1. The number of carbonyl (C=O) groups excluding carboxylic acids is 2. The van der Waals surface area contributed by atoms with Crippen molar-refractivity contribution >= 4 is 38.8 Å². The summed E-state index contributed by atoms with van der Waals surface area (Å²) in [6.45, 7) is -0.322. The second-order valence-electron chi connectivity index (χ2n) is 3.75. The number of carbonyl (C=O) groups is 2. The fourth-order valence-corrected chi connectivity index (χ4v) is 1.94. The minimum Gasteiger partial charge on any atom is -0.351 e. The molecule has 0 saturated heterocycles. The molecule has 0 unspecified atom stereocenters. The second kappa shape index (κ2) is 5.19. The lowest BCUT2D eigenvalue weighted by Crippen LogP contribution is -2.39. The maximum atomic E-state index is 12.1. The molecule has 98 valence electrons. The largest absolute Gasteiger partial charge is 0.351 e. The molecule has 19 heavy (non-hydrogen) atoms. The molecule has 0 aliphatic carbocycles. The van der Waals surface area contributed by atoms with E-state index in [0.717, 1.165) is 9.04 Å². The summed E-state index contributed by atoms with van der Waals surface area (Å²) in [6.07, 6.45) is 1.25. The highest BCUT2D eigenvalue weighted by Crippen LogP contribution is 2.14. The van der Waals surface area contributed by atoms with Gasteiger partial charge in [0.1, 0.15) is 6.54 Å². The highest BCUT2D eigenvalue weighted by molar-refractivity contribution is 9.10. The molecule has 0 radical (unpaired) electrons. The first-order valence-corrected chi connectivity index (χ1v) is 6.00. The molecule has 2 rings (SSSR count). The number of urea groups is 1. The molecule has 0 bridgehead atoms. The van der Waals surface area contributed by atoms with Crippen LogP contribution in [0.5, 0.6) is 0 Å². The fourth-order valence-electron chi connectivity index (χ4n) is 1.58. The van der Waals surface area contributed by atoms with Crippen molar-refractivity contribution in [3.05, 3.63) is 39.4 Å². The summed E-state index contributed by atoms with van der Waals surface area (Å²) in [7, 11) is 0. The minimum atomic E-state index is -0.963. The van der Waals surface area contributed by atoms with E-state index in [9.17, 15) is 14.4 Å². The van der Waals surface area contributed by atoms with Gasteiger partial charge in [0.15, 0.2) is 0 Å². The quantitative estimate of drug-likeness (QED) is 0.831. The number of amides is 3. The molecule has 8 heteroatoms. The molecule has 1 heterocycles. The number of nitrogens with one attached hydrogen (secondary N) is 1. The zero-order valence-electron chi connectivity index (χ0n) is 9.59. The first-order valence-electron chi connectivity index (χ1n) is 5.21. The number of primary amides is 1. The Morgan fingerprint density at radius 3 is 2.84 bits per heavy atom. The van der Waals surface area contributed by atoms with E-state index in [-0.39, 0.29) is 12.1 Å². The molecule has 3 N–H and O–H groups in total. The average molecular weight is 325 g/mol. The van der Waals surface area contributed by atoms with Gasteiger partial charge in [0.25, 0.3) is 5.56 Å². The maximum Gasteiger partial charge on any atom is 0.318 e.